The lowest BCUT2D eigenvalue weighted by Crippen LogP contribution is -2.40. The van der Waals surface area contributed by atoms with E-state index in [4.69, 9.17) is 28.7 Å². The van der Waals surface area contributed by atoms with E-state index < -0.39 is 0 Å². The molecule has 2 fully saturated rings. The zero-order valence-electron chi connectivity index (χ0n) is 19.1. The van der Waals surface area contributed by atoms with Crippen LogP contribution in [0.3, 0.4) is 0 Å². The standard InChI is InChI=1S/C21H29N7O5/c1-29-16-5-4-15(17(30-2)18(16)31-3)14-22-26-19-23-20(27-6-10-32-11-7-27)25-21(24-19)28-8-12-33-13-9-28/h4-5,14H,6-13H2,1-3H3,(H,23,24,25,26)/b22-14-. The number of ether oxygens (including phenoxy) is 5. The van der Waals surface area contributed by atoms with Crippen molar-refractivity contribution in [2.24, 2.45) is 5.10 Å². The van der Waals surface area contributed by atoms with Gasteiger partial charge in [-0.25, -0.2) is 5.43 Å². The molecule has 0 aliphatic carbocycles. The fourth-order valence-electron chi connectivity index (χ4n) is 3.60. The molecule has 12 nitrogen and oxygen atoms in total. The molecule has 0 unspecified atom stereocenters. The third kappa shape index (κ3) is 5.34. The molecular formula is C21H29N7O5. The lowest BCUT2D eigenvalue weighted by atomic mass is 10.2. The highest BCUT2D eigenvalue weighted by molar-refractivity contribution is 5.86. The Bertz CT molecular complexity index is 926. The topological polar surface area (TPSA) is 116 Å². The van der Waals surface area contributed by atoms with Crippen LogP contribution in [0.15, 0.2) is 17.2 Å². The normalized spacial score (nSPS) is 16.7. The van der Waals surface area contributed by atoms with Crippen molar-refractivity contribution in [2.75, 3.05) is 89.2 Å². The molecule has 2 aliphatic rings. The Labute approximate surface area is 192 Å². The van der Waals surface area contributed by atoms with Crippen LogP contribution in [0.25, 0.3) is 0 Å². The molecule has 0 atom stereocenters. The van der Waals surface area contributed by atoms with Crippen molar-refractivity contribution in [3.63, 3.8) is 0 Å². The minimum absolute atomic E-state index is 0.351. The highest BCUT2D eigenvalue weighted by Gasteiger charge is 2.21. The first-order chi connectivity index (χ1) is 16.2. The first-order valence-corrected chi connectivity index (χ1v) is 10.7. The van der Waals surface area contributed by atoms with Gasteiger partial charge in [-0.05, 0) is 12.1 Å². The Kier molecular flexibility index (Phi) is 7.58. The quantitative estimate of drug-likeness (QED) is 0.450. The molecule has 0 spiro atoms. The zero-order valence-corrected chi connectivity index (χ0v) is 19.1. The molecule has 0 bridgehead atoms. The predicted molar refractivity (Wildman–Crippen MR) is 123 cm³/mol. The Balaban J connectivity index is 1.58. The van der Waals surface area contributed by atoms with Crippen molar-refractivity contribution in [2.45, 2.75) is 0 Å². The Morgan fingerprint density at radius 1 is 0.818 bits per heavy atom. The van der Waals surface area contributed by atoms with Crippen molar-refractivity contribution >= 4 is 24.1 Å². The van der Waals surface area contributed by atoms with Gasteiger partial charge in [-0.1, -0.05) is 0 Å². The van der Waals surface area contributed by atoms with Crippen LogP contribution in [0.1, 0.15) is 5.56 Å². The van der Waals surface area contributed by atoms with E-state index in [9.17, 15) is 0 Å². The fraction of sp³-hybridized carbons (Fsp3) is 0.524. The van der Waals surface area contributed by atoms with Crippen LogP contribution in [0, 0.1) is 0 Å². The van der Waals surface area contributed by atoms with Gasteiger partial charge < -0.3 is 33.5 Å². The van der Waals surface area contributed by atoms with Crippen LogP contribution in [0.4, 0.5) is 17.8 Å². The third-order valence-electron chi connectivity index (χ3n) is 5.30. The van der Waals surface area contributed by atoms with Crippen LogP contribution in [-0.4, -0.2) is 95.1 Å². The summed E-state index contributed by atoms with van der Waals surface area (Å²) in [7, 11) is 4.70. The smallest absolute Gasteiger partial charge is 0.250 e. The number of aromatic nitrogens is 3. The van der Waals surface area contributed by atoms with E-state index in [1.54, 1.807) is 33.6 Å². The molecule has 1 aromatic carbocycles. The largest absolute Gasteiger partial charge is 0.493 e. The second kappa shape index (κ2) is 11.0. The maximum absolute atomic E-state index is 5.51. The van der Waals surface area contributed by atoms with Gasteiger partial charge in [0.15, 0.2) is 11.5 Å². The van der Waals surface area contributed by atoms with Crippen LogP contribution >= 0.6 is 0 Å². The lowest BCUT2D eigenvalue weighted by Gasteiger charge is -2.30. The van der Waals surface area contributed by atoms with Crippen LogP contribution < -0.4 is 29.4 Å². The van der Waals surface area contributed by atoms with Gasteiger partial charge in [0, 0.05) is 31.7 Å². The number of benzene rings is 1. The summed E-state index contributed by atoms with van der Waals surface area (Å²) in [4.78, 5) is 18.0. The first kappa shape index (κ1) is 22.8. The van der Waals surface area contributed by atoms with Crippen molar-refractivity contribution in [3.05, 3.63) is 17.7 Å². The molecule has 4 rings (SSSR count). The number of nitrogens with zero attached hydrogens (tertiary/aromatic N) is 6. The van der Waals surface area contributed by atoms with Gasteiger partial charge in [0.2, 0.25) is 23.6 Å². The number of hydrogen-bond acceptors (Lipinski definition) is 12. The minimum Gasteiger partial charge on any atom is -0.493 e. The Hall–Kier alpha value is -3.38. The van der Waals surface area contributed by atoms with Crippen LogP contribution in [0.2, 0.25) is 0 Å². The summed E-state index contributed by atoms with van der Waals surface area (Å²) in [5.74, 6) is 3.12. The molecule has 1 aromatic heterocycles. The molecule has 1 N–H and O–H groups in total. The summed E-state index contributed by atoms with van der Waals surface area (Å²) >= 11 is 0. The summed E-state index contributed by atoms with van der Waals surface area (Å²) in [5.41, 5.74) is 3.64. The highest BCUT2D eigenvalue weighted by atomic mass is 16.5. The highest BCUT2D eigenvalue weighted by Crippen LogP contribution is 2.39. The number of hydrazone groups is 1. The van der Waals surface area contributed by atoms with Crippen molar-refractivity contribution in [1.29, 1.82) is 0 Å². The molecule has 2 saturated heterocycles. The van der Waals surface area contributed by atoms with E-state index in [1.165, 1.54) is 0 Å². The molecular weight excluding hydrogens is 430 g/mol. The van der Waals surface area contributed by atoms with Gasteiger partial charge in [-0.3, -0.25) is 0 Å². The van der Waals surface area contributed by atoms with Gasteiger partial charge >= 0.3 is 0 Å². The summed E-state index contributed by atoms with van der Waals surface area (Å²) in [5, 5.41) is 4.33. The number of morpholine rings is 2. The SMILES string of the molecule is COc1ccc(/C=N\Nc2nc(N3CCOCC3)nc(N3CCOCC3)n2)c(OC)c1OC. The van der Waals surface area contributed by atoms with E-state index in [-0.39, 0.29) is 0 Å². The molecule has 2 aliphatic heterocycles. The molecule has 2 aromatic rings. The summed E-state index contributed by atoms with van der Waals surface area (Å²) < 4.78 is 27.2. The molecule has 0 saturated carbocycles. The summed E-state index contributed by atoms with van der Waals surface area (Å²) in [6.07, 6.45) is 1.62. The first-order valence-electron chi connectivity index (χ1n) is 10.7. The molecule has 33 heavy (non-hydrogen) atoms. The van der Waals surface area contributed by atoms with Gasteiger partial charge in [-0.15, -0.1) is 0 Å². The lowest BCUT2D eigenvalue weighted by molar-refractivity contribution is 0.121. The molecule has 0 amide bonds. The van der Waals surface area contributed by atoms with E-state index >= 15 is 0 Å². The van der Waals surface area contributed by atoms with Crippen LogP contribution in [0.5, 0.6) is 17.2 Å². The Morgan fingerprint density at radius 2 is 1.39 bits per heavy atom. The Morgan fingerprint density at radius 3 is 1.91 bits per heavy atom. The van der Waals surface area contributed by atoms with E-state index in [1.807, 2.05) is 6.07 Å². The predicted octanol–water partition coefficient (Wildman–Crippen LogP) is 1.02. The van der Waals surface area contributed by atoms with E-state index in [0.29, 0.717) is 67.1 Å². The fourth-order valence-corrected chi connectivity index (χ4v) is 3.60. The van der Waals surface area contributed by atoms with E-state index in [0.717, 1.165) is 26.2 Å². The number of anilines is 3. The summed E-state index contributed by atoms with van der Waals surface area (Å²) in [6, 6.07) is 3.62. The van der Waals surface area contributed by atoms with Gasteiger partial charge in [-0.2, -0.15) is 20.1 Å². The minimum atomic E-state index is 0.351. The van der Waals surface area contributed by atoms with Gasteiger partial charge in [0.05, 0.1) is 54.0 Å². The molecule has 178 valence electrons. The maximum atomic E-state index is 5.51. The van der Waals surface area contributed by atoms with Crippen molar-refractivity contribution in [1.82, 2.24) is 15.0 Å². The molecule has 12 heteroatoms. The number of rotatable bonds is 8. The van der Waals surface area contributed by atoms with E-state index in [2.05, 4.69) is 30.3 Å². The molecule has 0 radical (unpaired) electrons. The number of hydrogen-bond donors (Lipinski definition) is 1. The zero-order chi connectivity index (χ0) is 23.0. The van der Waals surface area contributed by atoms with Gasteiger partial charge in [0.25, 0.3) is 0 Å². The van der Waals surface area contributed by atoms with Gasteiger partial charge in [0.1, 0.15) is 0 Å². The second-order valence-electron chi connectivity index (χ2n) is 7.25. The van der Waals surface area contributed by atoms with Crippen molar-refractivity contribution < 1.29 is 23.7 Å². The molecule has 3 heterocycles. The average Bonchev–Trinajstić information content (AvgIpc) is 2.89. The second-order valence-corrected chi connectivity index (χ2v) is 7.25. The number of methoxy groups -OCH3 is 3. The average molecular weight is 460 g/mol. The summed E-state index contributed by atoms with van der Waals surface area (Å²) in [6.45, 7) is 5.43. The van der Waals surface area contributed by atoms with Crippen LogP contribution in [-0.2, 0) is 9.47 Å². The third-order valence-corrected chi connectivity index (χ3v) is 5.30. The number of nitrogens with one attached hydrogen (secondary N) is 1. The maximum Gasteiger partial charge on any atom is 0.250 e. The van der Waals surface area contributed by atoms with Crippen molar-refractivity contribution in [3.8, 4) is 17.2 Å². The monoisotopic (exact) mass is 459 g/mol.